The van der Waals surface area contributed by atoms with Gasteiger partial charge in [0.2, 0.25) is 0 Å². The summed E-state index contributed by atoms with van der Waals surface area (Å²) in [4.78, 5) is 15.0. The number of carbonyl (C=O) groups is 1. The van der Waals surface area contributed by atoms with Crippen LogP contribution in [0.1, 0.15) is 58.8 Å². The molecule has 21 heavy (non-hydrogen) atoms. The van der Waals surface area contributed by atoms with E-state index in [2.05, 4.69) is 24.1 Å². The first-order valence-electron chi connectivity index (χ1n) is 8.75. The van der Waals surface area contributed by atoms with Gasteiger partial charge in [0.15, 0.2) is 0 Å². The summed E-state index contributed by atoms with van der Waals surface area (Å²) < 4.78 is 5.12. The van der Waals surface area contributed by atoms with Crippen LogP contribution in [-0.4, -0.2) is 49.2 Å². The molecule has 2 rings (SSSR count). The van der Waals surface area contributed by atoms with E-state index in [4.69, 9.17) is 4.74 Å². The molecule has 2 fully saturated rings. The second-order valence-corrected chi connectivity index (χ2v) is 6.61. The molecule has 122 valence electrons. The molecule has 1 saturated heterocycles. The molecule has 0 aromatic carbocycles. The summed E-state index contributed by atoms with van der Waals surface area (Å²) in [7, 11) is 1.52. The lowest BCUT2D eigenvalue weighted by atomic mass is 9.84. The SMILES string of the molecule is CCNC1(C(=O)OC)CCCC1CCN1CCCC1CC. The summed E-state index contributed by atoms with van der Waals surface area (Å²) in [6, 6.07) is 0.762. The quantitative estimate of drug-likeness (QED) is 0.733. The van der Waals surface area contributed by atoms with Crippen LogP contribution >= 0.6 is 0 Å². The molecule has 0 bridgehead atoms. The van der Waals surface area contributed by atoms with E-state index < -0.39 is 5.54 Å². The molecule has 1 heterocycles. The second-order valence-electron chi connectivity index (χ2n) is 6.61. The van der Waals surface area contributed by atoms with Gasteiger partial charge in [-0.25, -0.2) is 0 Å². The zero-order valence-corrected chi connectivity index (χ0v) is 14.0. The number of nitrogens with one attached hydrogen (secondary N) is 1. The van der Waals surface area contributed by atoms with Crippen LogP contribution in [0.15, 0.2) is 0 Å². The van der Waals surface area contributed by atoms with E-state index in [-0.39, 0.29) is 5.97 Å². The van der Waals surface area contributed by atoms with Gasteiger partial charge in [-0.15, -0.1) is 0 Å². The van der Waals surface area contributed by atoms with Crippen LogP contribution in [0.4, 0.5) is 0 Å². The van der Waals surface area contributed by atoms with Gasteiger partial charge in [0.1, 0.15) is 5.54 Å². The molecule has 0 spiro atoms. The molecule has 0 radical (unpaired) electrons. The largest absolute Gasteiger partial charge is 0.468 e. The average molecular weight is 296 g/mol. The molecule has 1 aliphatic heterocycles. The average Bonchev–Trinajstić information content (AvgIpc) is 3.11. The molecule has 1 saturated carbocycles. The predicted molar refractivity (Wildman–Crippen MR) is 85.3 cm³/mol. The number of esters is 1. The van der Waals surface area contributed by atoms with E-state index in [9.17, 15) is 4.79 Å². The Morgan fingerprint density at radius 1 is 1.33 bits per heavy atom. The molecule has 0 aromatic heterocycles. The number of rotatable bonds is 7. The van der Waals surface area contributed by atoms with Crippen molar-refractivity contribution in [1.82, 2.24) is 10.2 Å². The molecular weight excluding hydrogens is 264 g/mol. The molecule has 1 aliphatic carbocycles. The van der Waals surface area contributed by atoms with Gasteiger partial charge in [0.05, 0.1) is 7.11 Å². The van der Waals surface area contributed by atoms with E-state index in [1.165, 1.54) is 32.9 Å². The summed E-state index contributed by atoms with van der Waals surface area (Å²) >= 11 is 0. The highest BCUT2D eigenvalue weighted by atomic mass is 16.5. The van der Waals surface area contributed by atoms with E-state index in [0.29, 0.717) is 5.92 Å². The molecule has 3 unspecified atom stereocenters. The lowest BCUT2D eigenvalue weighted by molar-refractivity contribution is -0.150. The number of likely N-dealkylation sites (N-methyl/N-ethyl adjacent to an activating group) is 1. The van der Waals surface area contributed by atoms with Gasteiger partial charge in [-0.05, 0) is 64.1 Å². The Hall–Kier alpha value is -0.610. The highest BCUT2D eigenvalue weighted by Gasteiger charge is 2.49. The summed E-state index contributed by atoms with van der Waals surface area (Å²) in [5.74, 6) is 0.364. The first-order valence-corrected chi connectivity index (χ1v) is 8.75. The molecule has 2 aliphatic rings. The van der Waals surface area contributed by atoms with Gasteiger partial charge in [0.25, 0.3) is 0 Å². The topological polar surface area (TPSA) is 41.6 Å². The van der Waals surface area contributed by atoms with Crippen molar-refractivity contribution < 1.29 is 9.53 Å². The first-order chi connectivity index (χ1) is 10.2. The molecule has 3 atom stereocenters. The molecular formula is C17H32N2O2. The Bertz CT molecular complexity index is 348. The zero-order chi connectivity index (χ0) is 15.3. The van der Waals surface area contributed by atoms with Crippen LogP contribution in [0.3, 0.4) is 0 Å². The lowest BCUT2D eigenvalue weighted by Crippen LogP contribution is -2.55. The Balaban J connectivity index is 1.98. The Labute approximate surface area is 129 Å². The summed E-state index contributed by atoms with van der Waals surface area (Å²) in [5, 5.41) is 3.47. The van der Waals surface area contributed by atoms with Crippen molar-refractivity contribution in [3.05, 3.63) is 0 Å². The standard InChI is InChI=1S/C17H32N2O2/c1-4-15-9-7-12-19(15)13-10-14-8-6-11-17(14,18-5-2)16(20)21-3/h14-15,18H,4-13H2,1-3H3. The predicted octanol–water partition coefficient (Wildman–Crippen LogP) is 2.57. The van der Waals surface area contributed by atoms with Gasteiger partial charge in [0, 0.05) is 6.04 Å². The van der Waals surface area contributed by atoms with E-state index in [0.717, 1.165) is 44.8 Å². The smallest absolute Gasteiger partial charge is 0.326 e. The fourth-order valence-electron chi connectivity index (χ4n) is 4.51. The van der Waals surface area contributed by atoms with E-state index in [1.54, 1.807) is 0 Å². The van der Waals surface area contributed by atoms with Gasteiger partial charge in [-0.3, -0.25) is 4.79 Å². The Morgan fingerprint density at radius 3 is 2.81 bits per heavy atom. The lowest BCUT2D eigenvalue weighted by Gasteiger charge is -2.35. The minimum Gasteiger partial charge on any atom is -0.468 e. The van der Waals surface area contributed by atoms with Crippen molar-refractivity contribution in [2.24, 2.45) is 5.92 Å². The number of carbonyl (C=O) groups excluding carboxylic acids is 1. The Morgan fingerprint density at radius 2 is 2.14 bits per heavy atom. The summed E-state index contributed by atoms with van der Waals surface area (Å²) in [6.45, 7) is 7.56. The third-order valence-electron chi connectivity index (χ3n) is 5.60. The van der Waals surface area contributed by atoms with Crippen molar-refractivity contribution in [2.75, 3.05) is 26.7 Å². The number of ether oxygens (including phenoxy) is 1. The van der Waals surface area contributed by atoms with Crippen molar-refractivity contribution in [1.29, 1.82) is 0 Å². The summed E-state index contributed by atoms with van der Waals surface area (Å²) in [6.07, 6.45) is 8.24. The van der Waals surface area contributed by atoms with Crippen LogP contribution < -0.4 is 5.32 Å². The maximum Gasteiger partial charge on any atom is 0.326 e. The molecule has 0 amide bonds. The Kier molecular flexibility index (Phi) is 6.06. The van der Waals surface area contributed by atoms with Crippen molar-refractivity contribution in [3.8, 4) is 0 Å². The van der Waals surface area contributed by atoms with E-state index >= 15 is 0 Å². The second kappa shape index (κ2) is 7.59. The monoisotopic (exact) mass is 296 g/mol. The fraction of sp³-hybridized carbons (Fsp3) is 0.941. The zero-order valence-electron chi connectivity index (χ0n) is 14.0. The van der Waals surface area contributed by atoms with Gasteiger partial charge in [-0.2, -0.15) is 0 Å². The minimum atomic E-state index is -0.426. The minimum absolute atomic E-state index is 0.0553. The number of methoxy groups -OCH3 is 1. The van der Waals surface area contributed by atoms with Crippen molar-refractivity contribution in [3.63, 3.8) is 0 Å². The van der Waals surface area contributed by atoms with Crippen LogP contribution in [0.25, 0.3) is 0 Å². The maximum atomic E-state index is 12.4. The van der Waals surface area contributed by atoms with Crippen molar-refractivity contribution >= 4 is 5.97 Å². The van der Waals surface area contributed by atoms with Crippen LogP contribution in [0.5, 0.6) is 0 Å². The third kappa shape index (κ3) is 3.42. The van der Waals surface area contributed by atoms with Crippen LogP contribution in [0.2, 0.25) is 0 Å². The van der Waals surface area contributed by atoms with Gasteiger partial charge < -0.3 is 15.0 Å². The third-order valence-corrected chi connectivity index (χ3v) is 5.60. The number of hydrogen-bond donors (Lipinski definition) is 1. The molecule has 4 heteroatoms. The van der Waals surface area contributed by atoms with E-state index in [1.807, 2.05) is 0 Å². The molecule has 4 nitrogen and oxygen atoms in total. The number of hydrogen-bond acceptors (Lipinski definition) is 4. The van der Waals surface area contributed by atoms with Gasteiger partial charge >= 0.3 is 5.97 Å². The molecule has 0 aromatic rings. The highest BCUT2D eigenvalue weighted by molar-refractivity contribution is 5.81. The van der Waals surface area contributed by atoms with Crippen LogP contribution in [0, 0.1) is 5.92 Å². The van der Waals surface area contributed by atoms with Gasteiger partial charge in [-0.1, -0.05) is 20.3 Å². The number of nitrogens with zero attached hydrogens (tertiary/aromatic N) is 1. The normalized spacial score (nSPS) is 33.5. The maximum absolute atomic E-state index is 12.4. The number of likely N-dealkylation sites (tertiary alicyclic amines) is 1. The fourth-order valence-corrected chi connectivity index (χ4v) is 4.51. The molecule has 1 N–H and O–H groups in total. The highest BCUT2D eigenvalue weighted by Crippen LogP contribution is 2.39. The first kappa shape index (κ1) is 16.8. The van der Waals surface area contributed by atoms with Crippen molar-refractivity contribution in [2.45, 2.75) is 70.4 Å². The van der Waals surface area contributed by atoms with Crippen LogP contribution in [-0.2, 0) is 9.53 Å². The summed E-state index contributed by atoms with van der Waals surface area (Å²) in [5.41, 5.74) is -0.426.